The Hall–Kier alpha value is -3.10. The summed E-state index contributed by atoms with van der Waals surface area (Å²) in [5, 5.41) is 4.94. The molecule has 0 radical (unpaired) electrons. The van der Waals surface area contributed by atoms with Gasteiger partial charge in [-0.05, 0) is 62.8 Å². The van der Waals surface area contributed by atoms with E-state index in [9.17, 15) is 8.42 Å². The van der Waals surface area contributed by atoms with Crippen LogP contribution in [-0.2, 0) is 14.3 Å². The zero-order valence-corrected chi connectivity index (χ0v) is 19.8. The monoisotopic (exact) mass is 474 g/mol. The Morgan fingerprint density at radius 3 is 2.50 bits per heavy atom. The fourth-order valence-electron chi connectivity index (χ4n) is 4.55. The summed E-state index contributed by atoms with van der Waals surface area (Å²) in [6.45, 7) is 2.13. The van der Waals surface area contributed by atoms with Crippen molar-refractivity contribution < 1.29 is 12.6 Å². The fourth-order valence-corrected chi connectivity index (χ4v) is 5.52. The molecule has 2 aromatic heterocycles. The number of para-hydroxylation sites is 2. The molecule has 7 nitrogen and oxygen atoms in total. The highest BCUT2D eigenvalue weighted by atomic mass is 32.2. The van der Waals surface area contributed by atoms with E-state index >= 15 is 0 Å². The van der Waals surface area contributed by atoms with Gasteiger partial charge < -0.3 is 0 Å². The van der Waals surface area contributed by atoms with Crippen LogP contribution < -0.4 is 0 Å². The molecule has 6 rings (SSSR count). The smallest absolute Gasteiger partial charge is 0.269 e. The third-order valence-corrected chi connectivity index (χ3v) is 8.10. The average Bonchev–Trinajstić information content (AvgIpc) is 3.57. The van der Waals surface area contributed by atoms with E-state index in [1.165, 1.54) is 0 Å². The van der Waals surface area contributed by atoms with E-state index in [2.05, 4.69) is 11.2 Å². The first-order chi connectivity index (χ1) is 16.5. The highest BCUT2D eigenvalue weighted by Crippen LogP contribution is 2.45. The molecule has 0 amide bonds. The van der Waals surface area contributed by atoms with Gasteiger partial charge in [-0.15, -0.1) is 0 Å². The molecule has 0 unspecified atom stereocenters. The minimum Gasteiger partial charge on any atom is -0.269 e. The standard InChI is InChI=1S/C26H26N4O3S/c1-17-6-10-21(11-7-17)34(31,32)33-16-18-12-20(13-18)30-15-22(26(29-30)19-8-9-19)25-14-27-23-4-2-3-5-24(23)28-25/h2-7,10-11,14-15,18-20H,8-9,12-13,16H2,1H3. The van der Waals surface area contributed by atoms with Gasteiger partial charge in [0, 0.05) is 17.7 Å². The van der Waals surface area contributed by atoms with Crippen LogP contribution in [0.15, 0.2) is 65.8 Å². The number of hydrogen-bond donors (Lipinski definition) is 0. The van der Waals surface area contributed by atoms with Gasteiger partial charge in [0.1, 0.15) is 0 Å². The van der Waals surface area contributed by atoms with Crippen molar-refractivity contribution >= 4 is 21.2 Å². The number of aryl methyl sites for hydroxylation is 1. The number of aromatic nitrogens is 4. The lowest BCUT2D eigenvalue weighted by Gasteiger charge is -2.34. The summed E-state index contributed by atoms with van der Waals surface area (Å²) < 4.78 is 32.3. The normalized spacial score (nSPS) is 20.4. The van der Waals surface area contributed by atoms with E-state index in [4.69, 9.17) is 14.3 Å². The molecule has 0 N–H and O–H groups in total. The molecule has 0 bridgehead atoms. The zero-order chi connectivity index (χ0) is 23.3. The number of hydrogen-bond acceptors (Lipinski definition) is 6. The summed E-state index contributed by atoms with van der Waals surface area (Å²) >= 11 is 0. The second kappa shape index (κ2) is 8.29. The third-order valence-electron chi connectivity index (χ3n) is 6.80. The van der Waals surface area contributed by atoms with Crippen LogP contribution in [-0.4, -0.2) is 34.8 Å². The fraction of sp³-hybridized carbons (Fsp3) is 0.346. The van der Waals surface area contributed by atoms with E-state index in [0.717, 1.165) is 59.2 Å². The van der Waals surface area contributed by atoms with Gasteiger partial charge in [-0.1, -0.05) is 29.8 Å². The summed E-state index contributed by atoms with van der Waals surface area (Å²) in [6, 6.07) is 14.9. The number of rotatable bonds is 7. The summed E-state index contributed by atoms with van der Waals surface area (Å²) in [6.07, 6.45) is 7.93. The first-order valence-corrected chi connectivity index (χ1v) is 13.1. The second-order valence-electron chi connectivity index (χ2n) is 9.47. The van der Waals surface area contributed by atoms with Crippen molar-refractivity contribution in [3.63, 3.8) is 0 Å². The molecule has 0 atom stereocenters. The van der Waals surface area contributed by atoms with E-state index in [0.29, 0.717) is 5.92 Å². The first-order valence-electron chi connectivity index (χ1n) is 11.7. The molecule has 2 fully saturated rings. The van der Waals surface area contributed by atoms with Crippen LogP contribution >= 0.6 is 0 Å². The quantitative estimate of drug-likeness (QED) is 0.349. The van der Waals surface area contributed by atoms with Crippen molar-refractivity contribution in [2.24, 2.45) is 5.92 Å². The van der Waals surface area contributed by atoms with Crippen LogP contribution in [0.2, 0.25) is 0 Å². The predicted octanol–water partition coefficient (Wildman–Crippen LogP) is 5.04. The predicted molar refractivity (Wildman–Crippen MR) is 129 cm³/mol. The van der Waals surface area contributed by atoms with Gasteiger partial charge in [0.25, 0.3) is 10.1 Å². The molecule has 0 saturated heterocycles. The summed E-state index contributed by atoms with van der Waals surface area (Å²) in [4.78, 5) is 9.62. The molecular formula is C26H26N4O3S. The van der Waals surface area contributed by atoms with Crippen molar-refractivity contribution in [1.82, 2.24) is 19.7 Å². The Kier molecular flexibility index (Phi) is 5.22. The summed E-state index contributed by atoms with van der Waals surface area (Å²) in [5.74, 6) is 0.686. The maximum Gasteiger partial charge on any atom is 0.296 e. The number of benzene rings is 2. The van der Waals surface area contributed by atoms with Crippen LogP contribution in [0.1, 0.15) is 48.9 Å². The van der Waals surface area contributed by atoms with Gasteiger partial charge in [0.15, 0.2) is 0 Å². The van der Waals surface area contributed by atoms with Crippen molar-refractivity contribution in [3.05, 3.63) is 72.2 Å². The van der Waals surface area contributed by atoms with Gasteiger partial charge >= 0.3 is 0 Å². The van der Waals surface area contributed by atoms with Crippen LogP contribution in [0, 0.1) is 12.8 Å². The van der Waals surface area contributed by atoms with Crippen molar-refractivity contribution in [2.75, 3.05) is 6.61 Å². The lowest BCUT2D eigenvalue weighted by atomic mass is 9.81. The Morgan fingerprint density at radius 2 is 1.76 bits per heavy atom. The largest absolute Gasteiger partial charge is 0.296 e. The lowest BCUT2D eigenvalue weighted by molar-refractivity contribution is 0.120. The Bertz CT molecular complexity index is 1450. The minimum atomic E-state index is -3.73. The van der Waals surface area contributed by atoms with E-state index in [-0.39, 0.29) is 23.5 Å². The molecular weight excluding hydrogens is 448 g/mol. The number of fused-ring (bicyclic) bond motifs is 1. The van der Waals surface area contributed by atoms with Crippen LogP contribution in [0.5, 0.6) is 0 Å². The maximum absolute atomic E-state index is 12.5. The van der Waals surface area contributed by atoms with Gasteiger partial charge in [-0.2, -0.15) is 13.5 Å². The topological polar surface area (TPSA) is 87.0 Å². The van der Waals surface area contributed by atoms with E-state index in [1.54, 1.807) is 24.3 Å². The SMILES string of the molecule is Cc1ccc(S(=O)(=O)OCC2CC(n3cc(-c4cnc5ccccc5n4)c(C4CC4)n3)C2)cc1. The first kappa shape index (κ1) is 21.4. The molecule has 174 valence electrons. The molecule has 0 aliphatic heterocycles. The van der Waals surface area contributed by atoms with Crippen molar-refractivity contribution in [2.45, 2.75) is 49.5 Å². The third kappa shape index (κ3) is 4.12. The van der Waals surface area contributed by atoms with E-state index in [1.807, 2.05) is 42.1 Å². The highest BCUT2D eigenvalue weighted by Gasteiger charge is 2.36. The van der Waals surface area contributed by atoms with Crippen LogP contribution in [0.25, 0.3) is 22.3 Å². The molecule has 0 spiro atoms. The van der Waals surface area contributed by atoms with Gasteiger partial charge in [0.2, 0.25) is 0 Å². The highest BCUT2D eigenvalue weighted by molar-refractivity contribution is 7.86. The zero-order valence-electron chi connectivity index (χ0n) is 19.0. The average molecular weight is 475 g/mol. The molecule has 2 aliphatic rings. The second-order valence-corrected chi connectivity index (χ2v) is 11.1. The number of nitrogens with zero attached hydrogens (tertiary/aromatic N) is 4. The molecule has 2 aliphatic carbocycles. The lowest BCUT2D eigenvalue weighted by Crippen LogP contribution is -2.31. The van der Waals surface area contributed by atoms with E-state index < -0.39 is 10.1 Å². The van der Waals surface area contributed by atoms with Crippen molar-refractivity contribution in [1.29, 1.82) is 0 Å². The van der Waals surface area contributed by atoms with Gasteiger partial charge in [-0.25, -0.2) is 4.98 Å². The summed E-state index contributed by atoms with van der Waals surface area (Å²) in [7, 11) is -3.73. The molecule has 2 saturated carbocycles. The van der Waals surface area contributed by atoms with Crippen LogP contribution in [0.4, 0.5) is 0 Å². The maximum atomic E-state index is 12.5. The molecule has 4 aromatic rings. The minimum absolute atomic E-state index is 0.197. The Balaban J connectivity index is 1.15. The molecule has 2 heterocycles. The Morgan fingerprint density at radius 1 is 1.03 bits per heavy atom. The van der Waals surface area contributed by atoms with Crippen LogP contribution in [0.3, 0.4) is 0 Å². The Labute approximate surface area is 198 Å². The van der Waals surface area contributed by atoms with Gasteiger partial charge in [-0.3, -0.25) is 13.8 Å². The molecule has 2 aromatic carbocycles. The van der Waals surface area contributed by atoms with Gasteiger partial charge in [0.05, 0.1) is 46.2 Å². The van der Waals surface area contributed by atoms with Crippen molar-refractivity contribution in [3.8, 4) is 11.3 Å². The molecule has 34 heavy (non-hydrogen) atoms. The summed E-state index contributed by atoms with van der Waals surface area (Å²) in [5.41, 5.74) is 5.79. The molecule has 8 heteroatoms.